The van der Waals surface area contributed by atoms with Gasteiger partial charge in [-0.05, 0) is 36.8 Å². The first-order valence-corrected chi connectivity index (χ1v) is 9.33. The lowest BCUT2D eigenvalue weighted by Crippen LogP contribution is -2.00. The highest BCUT2D eigenvalue weighted by Gasteiger charge is 2.13. The fraction of sp³-hybridized carbons (Fsp3) is 0.0870. The molecule has 0 unspecified atom stereocenters. The maximum atomic E-state index is 5.57. The minimum atomic E-state index is 0.724. The van der Waals surface area contributed by atoms with Crippen molar-refractivity contribution < 1.29 is 4.74 Å². The van der Waals surface area contributed by atoms with Crippen LogP contribution in [0, 0.1) is 6.92 Å². The number of nitrogens with zero attached hydrogens (tertiary/aromatic N) is 4. The minimum Gasteiger partial charge on any atom is -0.495 e. The van der Waals surface area contributed by atoms with Gasteiger partial charge in [0.1, 0.15) is 12.1 Å². The van der Waals surface area contributed by atoms with Crippen LogP contribution in [-0.2, 0) is 0 Å². The maximum absolute atomic E-state index is 5.57. The van der Waals surface area contributed by atoms with E-state index in [9.17, 15) is 0 Å². The summed E-state index contributed by atoms with van der Waals surface area (Å²) >= 11 is 0. The lowest BCUT2D eigenvalue weighted by molar-refractivity contribution is 0.413. The van der Waals surface area contributed by atoms with Crippen molar-refractivity contribution in [3.05, 3.63) is 78.8 Å². The number of aromatic nitrogens is 4. The average Bonchev–Trinajstić information content (AvgIpc) is 3.16. The lowest BCUT2D eigenvalue weighted by atomic mass is 10.1. The fourth-order valence-corrected chi connectivity index (χ4v) is 3.63. The molecule has 0 saturated heterocycles. The van der Waals surface area contributed by atoms with E-state index in [1.54, 1.807) is 13.3 Å². The van der Waals surface area contributed by atoms with Crippen molar-refractivity contribution in [3.63, 3.8) is 0 Å². The summed E-state index contributed by atoms with van der Waals surface area (Å²) in [6.45, 7) is 2.07. The fourth-order valence-electron chi connectivity index (χ4n) is 3.63. The zero-order valence-corrected chi connectivity index (χ0v) is 16.1. The number of hydrogen-bond donors (Lipinski definition) is 1. The molecule has 0 amide bonds. The van der Waals surface area contributed by atoms with Crippen LogP contribution in [0.15, 0.2) is 73.2 Å². The highest BCUT2D eigenvalue weighted by atomic mass is 16.5. The molecule has 5 rings (SSSR count). The molecule has 0 atom stereocenters. The Morgan fingerprint density at radius 3 is 2.79 bits per heavy atom. The number of fused-ring (bicyclic) bond motifs is 2. The van der Waals surface area contributed by atoms with Gasteiger partial charge in [0.2, 0.25) is 0 Å². The summed E-state index contributed by atoms with van der Waals surface area (Å²) < 4.78 is 7.63. The molecule has 0 aliphatic carbocycles. The molecule has 0 fully saturated rings. The van der Waals surface area contributed by atoms with Gasteiger partial charge in [-0.2, -0.15) is 5.10 Å². The monoisotopic (exact) mass is 381 g/mol. The second-order valence-corrected chi connectivity index (χ2v) is 6.85. The number of imidazole rings is 1. The van der Waals surface area contributed by atoms with E-state index in [-0.39, 0.29) is 0 Å². The third-order valence-corrected chi connectivity index (χ3v) is 5.04. The summed E-state index contributed by atoms with van der Waals surface area (Å²) in [7, 11) is 1.69. The second kappa shape index (κ2) is 6.91. The summed E-state index contributed by atoms with van der Waals surface area (Å²) in [5.74, 6) is 1.54. The molecule has 0 saturated carbocycles. The first-order valence-electron chi connectivity index (χ1n) is 9.33. The van der Waals surface area contributed by atoms with Crippen molar-refractivity contribution in [3.8, 4) is 11.4 Å². The number of rotatable bonds is 4. The van der Waals surface area contributed by atoms with Gasteiger partial charge in [-0.3, -0.25) is 4.57 Å². The van der Waals surface area contributed by atoms with E-state index >= 15 is 0 Å². The molecule has 2 heterocycles. The normalized spacial score (nSPS) is 11.1. The largest absolute Gasteiger partial charge is 0.495 e. The van der Waals surface area contributed by atoms with E-state index in [2.05, 4.69) is 44.1 Å². The molecule has 0 spiro atoms. The third kappa shape index (κ3) is 2.95. The SMILES string of the molecule is COc1cccc(C)c1-n1cnc2cc(Nc3nncc4ccccc34)ccc21. The van der Waals surface area contributed by atoms with Gasteiger partial charge in [-0.15, -0.1) is 5.10 Å². The molecule has 5 aromatic rings. The molecule has 0 aliphatic heterocycles. The molecule has 142 valence electrons. The Hall–Kier alpha value is -3.93. The topological polar surface area (TPSA) is 64.9 Å². The van der Waals surface area contributed by atoms with Gasteiger partial charge in [-0.1, -0.05) is 36.4 Å². The molecule has 6 nitrogen and oxygen atoms in total. The average molecular weight is 381 g/mol. The van der Waals surface area contributed by atoms with Crippen LogP contribution in [0.3, 0.4) is 0 Å². The van der Waals surface area contributed by atoms with Crippen LogP contribution in [0.4, 0.5) is 11.5 Å². The maximum Gasteiger partial charge on any atom is 0.160 e. The van der Waals surface area contributed by atoms with Crippen LogP contribution in [0.1, 0.15) is 5.56 Å². The molecule has 2 aromatic heterocycles. The van der Waals surface area contributed by atoms with E-state index < -0.39 is 0 Å². The Morgan fingerprint density at radius 2 is 1.90 bits per heavy atom. The molecule has 0 radical (unpaired) electrons. The molecule has 0 aliphatic rings. The standard InChI is InChI=1S/C23H19N5O/c1-15-6-5-9-21(29-2)22(15)28-14-24-19-12-17(10-11-20(19)28)26-23-18-8-4-3-7-16(18)13-25-27-23/h3-14H,1-2H3,(H,26,27). The summed E-state index contributed by atoms with van der Waals surface area (Å²) in [5, 5.41) is 13.8. The van der Waals surface area contributed by atoms with Gasteiger partial charge in [-0.25, -0.2) is 4.98 Å². The predicted octanol–water partition coefficient (Wildman–Crippen LogP) is 5.03. The van der Waals surface area contributed by atoms with Gasteiger partial charge >= 0.3 is 0 Å². The van der Waals surface area contributed by atoms with E-state index in [0.29, 0.717) is 0 Å². The van der Waals surface area contributed by atoms with Gasteiger partial charge in [0.15, 0.2) is 5.82 Å². The lowest BCUT2D eigenvalue weighted by Gasteiger charge is -2.13. The second-order valence-electron chi connectivity index (χ2n) is 6.85. The number of anilines is 2. The number of nitrogens with one attached hydrogen (secondary N) is 1. The van der Waals surface area contributed by atoms with Crippen molar-refractivity contribution in [2.45, 2.75) is 6.92 Å². The first kappa shape index (κ1) is 17.2. The molecule has 1 N–H and O–H groups in total. The third-order valence-electron chi connectivity index (χ3n) is 5.04. The molecule has 29 heavy (non-hydrogen) atoms. The molecular formula is C23H19N5O. The van der Waals surface area contributed by atoms with Gasteiger partial charge < -0.3 is 10.1 Å². The number of aryl methyl sites for hydroxylation is 1. The number of methoxy groups -OCH3 is 1. The molecule has 6 heteroatoms. The summed E-state index contributed by atoms with van der Waals surface area (Å²) in [4.78, 5) is 4.61. The van der Waals surface area contributed by atoms with Crippen molar-refractivity contribution >= 4 is 33.3 Å². The van der Waals surface area contributed by atoms with Gasteiger partial charge in [0.25, 0.3) is 0 Å². The van der Waals surface area contributed by atoms with E-state index in [4.69, 9.17) is 4.74 Å². The number of para-hydroxylation sites is 1. The van der Waals surface area contributed by atoms with E-state index in [1.165, 1.54) is 0 Å². The Kier molecular flexibility index (Phi) is 4.09. The zero-order valence-electron chi connectivity index (χ0n) is 16.1. The van der Waals surface area contributed by atoms with Crippen LogP contribution in [0.25, 0.3) is 27.5 Å². The van der Waals surface area contributed by atoms with Crippen molar-refractivity contribution in [2.24, 2.45) is 0 Å². The number of hydrogen-bond acceptors (Lipinski definition) is 5. The van der Waals surface area contributed by atoms with Crippen molar-refractivity contribution in [1.82, 2.24) is 19.7 Å². The smallest absolute Gasteiger partial charge is 0.160 e. The van der Waals surface area contributed by atoms with Crippen LogP contribution >= 0.6 is 0 Å². The molecular weight excluding hydrogens is 362 g/mol. The Morgan fingerprint density at radius 1 is 1.00 bits per heavy atom. The van der Waals surface area contributed by atoms with Gasteiger partial charge in [0.05, 0.1) is 30.0 Å². The first-order chi connectivity index (χ1) is 14.2. The highest BCUT2D eigenvalue weighted by molar-refractivity contribution is 5.93. The van der Waals surface area contributed by atoms with E-state index in [1.807, 2.05) is 54.9 Å². The van der Waals surface area contributed by atoms with E-state index in [0.717, 1.165) is 50.3 Å². The Bertz CT molecular complexity index is 1340. The van der Waals surface area contributed by atoms with Crippen LogP contribution in [0.5, 0.6) is 5.75 Å². The van der Waals surface area contributed by atoms with Gasteiger partial charge in [0, 0.05) is 16.5 Å². The quantitative estimate of drug-likeness (QED) is 0.473. The Labute approximate surface area is 167 Å². The van der Waals surface area contributed by atoms with Crippen LogP contribution < -0.4 is 10.1 Å². The molecule has 3 aromatic carbocycles. The molecule has 0 bridgehead atoms. The zero-order chi connectivity index (χ0) is 19.8. The van der Waals surface area contributed by atoms with Crippen LogP contribution in [-0.4, -0.2) is 26.9 Å². The predicted molar refractivity (Wildman–Crippen MR) is 115 cm³/mol. The summed E-state index contributed by atoms with van der Waals surface area (Å²) in [6.07, 6.45) is 3.60. The highest BCUT2D eigenvalue weighted by Crippen LogP contribution is 2.31. The number of ether oxygens (including phenoxy) is 1. The minimum absolute atomic E-state index is 0.724. The summed E-state index contributed by atoms with van der Waals surface area (Å²) in [6, 6.07) is 20.2. The number of benzene rings is 3. The Balaban J connectivity index is 1.56. The summed E-state index contributed by atoms with van der Waals surface area (Å²) in [5.41, 5.74) is 4.92. The van der Waals surface area contributed by atoms with Crippen molar-refractivity contribution in [1.29, 1.82) is 0 Å². The van der Waals surface area contributed by atoms with Crippen LogP contribution in [0.2, 0.25) is 0 Å². The van der Waals surface area contributed by atoms with Crippen molar-refractivity contribution in [2.75, 3.05) is 12.4 Å².